The summed E-state index contributed by atoms with van der Waals surface area (Å²) in [6, 6.07) is 6.91. The van der Waals surface area contributed by atoms with Gasteiger partial charge in [-0.25, -0.2) is 0 Å². The molecule has 1 aromatic carbocycles. The van der Waals surface area contributed by atoms with Crippen LogP contribution in [0.25, 0.3) is 0 Å². The fourth-order valence-corrected chi connectivity index (χ4v) is 3.01. The molecular weight excluding hydrogens is 230 g/mol. The number of aryl methyl sites for hydroxylation is 1. The van der Waals surface area contributed by atoms with Crippen LogP contribution in [0.5, 0.6) is 0 Å². The molecule has 1 aliphatic carbocycles. The Hall–Kier alpha value is -0.530. The summed E-state index contributed by atoms with van der Waals surface area (Å²) in [5.41, 5.74) is 3.00. The molecule has 2 heteroatoms. The van der Waals surface area contributed by atoms with Crippen molar-refractivity contribution in [1.82, 2.24) is 5.32 Å². The van der Waals surface area contributed by atoms with Gasteiger partial charge in [-0.3, -0.25) is 0 Å². The van der Waals surface area contributed by atoms with E-state index in [1.807, 2.05) is 0 Å². The molecule has 0 saturated heterocycles. The van der Waals surface area contributed by atoms with Crippen LogP contribution in [-0.2, 0) is 6.42 Å². The Morgan fingerprint density at radius 3 is 2.59 bits per heavy atom. The van der Waals surface area contributed by atoms with E-state index in [1.54, 1.807) is 0 Å². The Morgan fingerprint density at radius 2 is 2.12 bits per heavy atom. The summed E-state index contributed by atoms with van der Waals surface area (Å²) in [6.07, 6.45) is 2.35. The van der Waals surface area contributed by atoms with E-state index in [1.165, 1.54) is 17.5 Å². The smallest absolute Gasteiger partial charge is 0.0441 e. The van der Waals surface area contributed by atoms with Crippen LogP contribution in [0.15, 0.2) is 18.2 Å². The van der Waals surface area contributed by atoms with Crippen molar-refractivity contribution >= 4 is 11.6 Å². The molecule has 94 valence electrons. The average Bonchev–Trinajstić information content (AvgIpc) is 2.86. The van der Waals surface area contributed by atoms with E-state index < -0.39 is 0 Å². The molecule has 0 spiro atoms. The number of hydrogen-bond donors (Lipinski definition) is 1. The normalized spacial score (nSPS) is 23.5. The van der Waals surface area contributed by atoms with Gasteiger partial charge in [0.15, 0.2) is 0 Å². The first-order valence-electron chi connectivity index (χ1n) is 6.36. The fourth-order valence-electron chi connectivity index (χ4n) is 2.70. The Balaban J connectivity index is 2.09. The molecule has 17 heavy (non-hydrogen) atoms. The molecule has 0 heterocycles. The summed E-state index contributed by atoms with van der Waals surface area (Å²) in [5.74, 6) is 0.782. The number of halogens is 1. The first-order valence-corrected chi connectivity index (χ1v) is 6.74. The van der Waals surface area contributed by atoms with Gasteiger partial charge in [0.05, 0.1) is 0 Å². The maximum atomic E-state index is 6.30. The molecule has 1 saturated carbocycles. The third-order valence-corrected chi connectivity index (χ3v) is 4.45. The van der Waals surface area contributed by atoms with E-state index in [0.717, 1.165) is 17.4 Å². The molecule has 1 N–H and O–H groups in total. The van der Waals surface area contributed by atoms with Gasteiger partial charge in [0, 0.05) is 11.1 Å². The van der Waals surface area contributed by atoms with E-state index in [9.17, 15) is 0 Å². The van der Waals surface area contributed by atoms with Crippen molar-refractivity contribution in [2.75, 3.05) is 7.05 Å². The van der Waals surface area contributed by atoms with Gasteiger partial charge < -0.3 is 5.32 Å². The van der Waals surface area contributed by atoms with Gasteiger partial charge in [-0.2, -0.15) is 0 Å². The number of benzene rings is 1. The summed E-state index contributed by atoms with van der Waals surface area (Å²) in [4.78, 5) is 0. The van der Waals surface area contributed by atoms with Crippen LogP contribution in [0.2, 0.25) is 5.02 Å². The fraction of sp³-hybridized carbons (Fsp3) is 0.600. The molecule has 1 nitrogen and oxygen atoms in total. The third kappa shape index (κ3) is 2.83. The average molecular weight is 252 g/mol. The molecule has 0 amide bonds. The number of hydrogen-bond acceptors (Lipinski definition) is 1. The predicted molar refractivity (Wildman–Crippen MR) is 74.6 cm³/mol. The van der Waals surface area contributed by atoms with Gasteiger partial charge in [-0.15, -0.1) is 0 Å². The van der Waals surface area contributed by atoms with Crippen molar-refractivity contribution in [3.05, 3.63) is 34.3 Å². The molecule has 0 aromatic heterocycles. The highest BCUT2D eigenvalue weighted by Crippen LogP contribution is 2.54. The van der Waals surface area contributed by atoms with Crippen molar-refractivity contribution in [3.63, 3.8) is 0 Å². The minimum absolute atomic E-state index is 0.505. The summed E-state index contributed by atoms with van der Waals surface area (Å²) in [7, 11) is 2.06. The second kappa shape index (κ2) is 4.62. The van der Waals surface area contributed by atoms with Crippen LogP contribution in [0.1, 0.15) is 31.4 Å². The first kappa shape index (κ1) is 12.9. The standard InChI is InChI=1S/C15H22ClN/c1-10-5-6-11(13(16)7-10)8-14(17-4)12-9-15(12,2)3/h5-7,12,14,17H,8-9H2,1-4H3. The van der Waals surface area contributed by atoms with Gasteiger partial charge in [0.25, 0.3) is 0 Å². The number of nitrogens with one attached hydrogen (secondary N) is 1. The Morgan fingerprint density at radius 1 is 1.47 bits per heavy atom. The summed E-state index contributed by atoms with van der Waals surface area (Å²) in [6.45, 7) is 6.77. The maximum absolute atomic E-state index is 6.30. The van der Waals surface area contributed by atoms with Crippen molar-refractivity contribution < 1.29 is 0 Å². The first-order chi connectivity index (χ1) is 7.94. The lowest BCUT2D eigenvalue weighted by Gasteiger charge is -2.19. The molecule has 1 fully saturated rings. The second-order valence-electron chi connectivity index (χ2n) is 5.99. The van der Waals surface area contributed by atoms with Crippen LogP contribution < -0.4 is 5.32 Å². The lowest BCUT2D eigenvalue weighted by atomic mass is 9.97. The van der Waals surface area contributed by atoms with Crippen molar-refractivity contribution in [2.45, 2.75) is 39.7 Å². The zero-order valence-corrected chi connectivity index (χ0v) is 11.9. The topological polar surface area (TPSA) is 12.0 Å². The van der Waals surface area contributed by atoms with Gasteiger partial charge in [0.1, 0.15) is 0 Å². The predicted octanol–water partition coefficient (Wildman–Crippen LogP) is 3.83. The minimum atomic E-state index is 0.505. The van der Waals surface area contributed by atoms with Gasteiger partial charge in [-0.1, -0.05) is 37.6 Å². The number of likely N-dealkylation sites (N-methyl/N-ethyl adjacent to an activating group) is 1. The lowest BCUT2D eigenvalue weighted by molar-refractivity contribution is 0.426. The van der Waals surface area contributed by atoms with E-state index in [-0.39, 0.29) is 0 Å². The van der Waals surface area contributed by atoms with E-state index >= 15 is 0 Å². The van der Waals surface area contributed by atoms with Crippen LogP contribution in [-0.4, -0.2) is 13.1 Å². The van der Waals surface area contributed by atoms with Crippen LogP contribution in [0, 0.1) is 18.3 Å². The molecule has 0 aliphatic heterocycles. The quantitative estimate of drug-likeness (QED) is 0.858. The summed E-state index contributed by atoms with van der Waals surface area (Å²) < 4.78 is 0. The van der Waals surface area contributed by atoms with Gasteiger partial charge in [0.2, 0.25) is 0 Å². The van der Waals surface area contributed by atoms with Crippen molar-refractivity contribution in [1.29, 1.82) is 0 Å². The number of rotatable bonds is 4. The zero-order chi connectivity index (χ0) is 12.6. The Bertz CT molecular complexity index is 411. The molecule has 2 atom stereocenters. The van der Waals surface area contributed by atoms with Crippen LogP contribution >= 0.6 is 11.6 Å². The highest BCUT2D eigenvalue weighted by molar-refractivity contribution is 6.31. The molecule has 1 aliphatic rings. The Labute approximate surface area is 110 Å². The largest absolute Gasteiger partial charge is 0.316 e. The maximum Gasteiger partial charge on any atom is 0.0441 e. The van der Waals surface area contributed by atoms with E-state index in [0.29, 0.717) is 11.5 Å². The van der Waals surface area contributed by atoms with Gasteiger partial charge in [-0.05, 0) is 55.3 Å². The lowest BCUT2D eigenvalue weighted by Crippen LogP contribution is -2.31. The summed E-state index contributed by atoms with van der Waals surface area (Å²) >= 11 is 6.30. The molecule has 1 aromatic rings. The molecule has 0 radical (unpaired) electrons. The third-order valence-electron chi connectivity index (χ3n) is 4.09. The highest BCUT2D eigenvalue weighted by Gasteiger charge is 2.49. The van der Waals surface area contributed by atoms with Crippen molar-refractivity contribution in [3.8, 4) is 0 Å². The second-order valence-corrected chi connectivity index (χ2v) is 6.40. The SMILES string of the molecule is CNC(Cc1ccc(C)cc1Cl)C1CC1(C)C. The van der Waals surface area contributed by atoms with Crippen LogP contribution in [0.3, 0.4) is 0 Å². The van der Waals surface area contributed by atoms with Crippen LogP contribution in [0.4, 0.5) is 0 Å². The molecule has 2 rings (SSSR count). The molecule has 0 bridgehead atoms. The Kier molecular flexibility index (Phi) is 3.51. The van der Waals surface area contributed by atoms with Gasteiger partial charge >= 0.3 is 0 Å². The van der Waals surface area contributed by atoms with Crippen molar-refractivity contribution in [2.24, 2.45) is 11.3 Å². The molecular formula is C15H22ClN. The molecule has 2 unspecified atom stereocenters. The zero-order valence-electron chi connectivity index (χ0n) is 11.2. The summed E-state index contributed by atoms with van der Waals surface area (Å²) in [5, 5.41) is 4.36. The monoisotopic (exact) mass is 251 g/mol. The minimum Gasteiger partial charge on any atom is -0.316 e. The highest BCUT2D eigenvalue weighted by atomic mass is 35.5. The van der Waals surface area contributed by atoms with E-state index in [4.69, 9.17) is 11.6 Å². The van der Waals surface area contributed by atoms with E-state index in [2.05, 4.69) is 51.3 Å².